The number of carbonyl (C=O) groups excluding carboxylic acids is 1. The van der Waals surface area contributed by atoms with E-state index in [-0.39, 0.29) is 21.9 Å². The summed E-state index contributed by atoms with van der Waals surface area (Å²) in [6.45, 7) is 7.42. The fraction of sp³-hybridized carbons (Fsp3) is 0.400. The Morgan fingerprint density at radius 1 is 1.10 bits per heavy atom. The van der Waals surface area contributed by atoms with E-state index in [2.05, 4.69) is 49.7 Å². The number of hydrogen-bond donors (Lipinski definition) is 0. The molecule has 2 aliphatic carbocycles. The van der Waals surface area contributed by atoms with Gasteiger partial charge < -0.3 is 4.57 Å². The first-order valence-corrected chi connectivity index (χ1v) is 11.2. The molecule has 2 bridgehead atoms. The fourth-order valence-corrected chi connectivity index (χ4v) is 7.27. The van der Waals surface area contributed by atoms with Crippen molar-refractivity contribution < 1.29 is 9.18 Å². The number of halogens is 1. The second-order valence-corrected chi connectivity index (χ2v) is 10.5. The van der Waals surface area contributed by atoms with Gasteiger partial charge in [-0.05, 0) is 47.9 Å². The molecule has 0 aliphatic heterocycles. The third-order valence-corrected chi connectivity index (χ3v) is 9.12. The summed E-state index contributed by atoms with van der Waals surface area (Å²) in [4.78, 5) is 14.5. The Morgan fingerprint density at radius 2 is 1.83 bits per heavy atom. The van der Waals surface area contributed by atoms with Crippen molar-refractivity contribution in [3.05, 3.63) is 66.1 Å². The Kier molecular flexibility index (Phi) is 4.22. The zero-order chi connectivity index (χ0) is 20.4. The number of aromatic nitrogens is 1. The summed E-state index contributed by atoms with van der Waals surface area (Å²) >= 11 is 1.76. The number of hydrogen-bond acceptors (Lipinski definition) is 2. The Labute approximate surface area is 175 Å². The Bertz CT molecular complexity index is 1100. The van der Waals surface area contributed by atoms with E-state index in [9.17, 15) is 9.18 Å². The smallest absolute Gasteiger partial charge is 0.152 e. The second-order valence-electron chi connectivity index (χ2n) is 9.37. The van der Waals surface area contributed by atoms with Crippen molar-refractivity contribution in [2.75, 3.05) is 0 Å². The van der Waals surface area contributed by atoms with E-state index >= 15 is 0 Å². The van der Waals surface area contributed by atoms with Crippen molar-refractivity contribution in [1.82, 2.24) is 4.57 Å². The lowest BCUT2D eigenvalue weighted by Gasteiger charge is -2.32. The number of rotatable bonds is 4. The highest BCUT2D eigenvalue weighted by Crippen LogP contribution is 2.66. The maximum Gasteiger partial charge on any atom is 0.152 e. The summed E-state index contributed by atoms with van der Waals surface area (Å²) < 4.78 is 15.5. The quantitative estimate of drug-likeness (QED) is 0.505. The molecule has 0 amide bonds. The summed E-state index contributed by atoms with van der Waals surface area (Å²) in [7, 11) is 0. The molecule has 3 atom stereocenters. The van der Waals surface area contributed by atoms with Crippen molar-refractivity contribution >= 4 is 28.4 Å². The van der Waals surface area contributed by atoms with E-state index in [1.54, 1.807) is 11.8 Å². The molecule has 1 heterocycles. The molecule has 0 radical (unpaired) electrons. The SMILES string of the molecule is CC12CCC(C(Sc3cn(Cc4ccc(F)cc4)c4ccccc34)C1=O)C2(C)C. The number of para-hydroxylation sites is 1. The van der Waals surface area contributed by atoms with Gasteiger partial charge in [-0.25, -0.2) is 4.39 Å². The number of fused-ring (bicyclic) bond motifs is 3. The largest absolute Gasteiger partial charge is 0.342 e. The van der Waals surface area contributed by atoms with E-state index in [4.69, 9.17) is 0 Å². The maximum atomic E-state index is 13.3. The Balaban J connectivity index is 1.50. The Morgan fingerprint density at radius 3 is 2.52 bits per heavy atom. The van der Waals surface area contributed by atoms with E-state index in [0.29, 0.717) is 18.2 Å². The molecule has 1 aromatic heterocycles. The normalized spacial score (nSPS) is 27.8. The molecule has 3 unspecified atom stereocenters. The minimum Gasteiger partial charge on any atom is -0.342 e. The highest BCUT2D eigenvalue weighted by atomic mass is 32.2. The van der Waals surface area contributed by atoms with Crippen molar-refractivity contribution in [2.24, 2.45) is 16.7 Å². The molecule has 3 aromatic rings. The van der Waals surface area contributed by atoms with Gasteiger partial charge in [-0.1, -0.05) is 51.1 Å². The molecule has 5 rings (SSSR count). The summed E-state index contributed by atoms with van der Waals surface area (Å²) in [5.74, 6) is 0.650. The van der Waals surface area contributed by atoms with Crippen LogP contribution in [0.4, 0.5) is 4.39 Å². The van der Waals surface area contributed by atoms with Gasteiger partial charge >= 0.3 is 0 Å². The predicted molar refractivity (Wildman–Crippen MR) is 117 cm³/mol. The highest BCUT2D eigenvalue weighted by molar-refractivity contribution is 8.01. The molecule has 2 aromatic carbocycles. The summed E-state index contributed by atoms with van der Waals surface area (Å²) in [5.41, 5.74) is 2.09. The third kappa shape index (κ3) is 2.72. The monoisotopic (exact) mass is 407 g/mol. The van der Waals surface area contributed by atoms with Gasteiger partial charge in [-0.3, -0.25) is 4.79 Å². The lowest BCUT2D eigenvalue weighted by molar-refractivity contribution is -0.127. The van der Waals surface area contributed by atoms with Crippen molar-refractivity contribution in [2.45, 2.75) is 50.3 Å². The van der Waals surface area contributed by atoms with Crippen molar-refractivity contribution in [3.63, 3.8) is 0 Å². The number of carbonyl (C=O) groups is 1. The average molecular weight is 408 g/mol. The average Bonchev–Trinajstić information content (AvgIpc) is 3.20. The van der Waals surface area contributed by atoms with Gasteiger partial charge in [0.25, 0.3) is 0 Å². The first-order valence-electron chi connectivity index (χ1n) is 10.3. The zero-order valence-electron chi connectivity index (χ0n) is 17.1. The molecular weight excluding hydrogens is 381 g/mol. The molecule has 2 fully saturated rings. The highest BCUT2D eigenvalue weighted by Gasteiger charge is 2.66. The molecule has 29 heavy (non-hydrogen) atoms. The minimum absolute atomic E-state index is 0.0360. The van der Waals surface area contributed by atoms with Crippen LogP contribution in [-0.2, 0) is 11.3 Å². The summed E-state index contributed by atoms with van der Waals surface area (Å²) in [5, 5.41) is 1.23. The van der Waals surface area contributed by atoms with Crippen molar-refractivity contribution in [1.29, 1.82) is 0 Å². The van der Waals surface area contributed by atoms with Gasteiger partial charge in [0.05, 0.1) is 5.25 Å². The minimum atomic E-state index is -0.215. The van der Waals surface area contributed by atoms with Crippen LogP contribution in [0.2, 0.25) is 0 Å². The Hall–Kier alpha value is -2.07. The predicted octanol–water partition coefficient (Wildman–Crippen LogP) is 6.31. The molecule has 2 saturated carbocycles. The number of benzene rings is 2. The summed E-state index contributed by atoms with van der Waals surface area (Å²) in [6.07, 6.45) is 4.33. The number of thioether (sulfide) groups is 1. The third-order valence-electron chi connectivity index (χ3n) is 7.74. The topological polar surface area (TPSA) is 22.0 Å². The van der Waals surface area contributed by atoms with E-state index in [1.807, 2.05) is 18.2 Å². The fourth-order valence-electron chi connectivity index (χ4n) is 5.50. The van der Waals surface area contributed by atoms with E-state index in [1.165, 1.54) is 22.4 Å². The van der Waals surface area contributed by atoms with Crippen LogP contribution >= 0.6 is 11.8 Å². The number of Topliss-reactive ketones (excluding diaryl/α,β-unsaturated/α-hetero) is 1. The van der Waals surface area contributed by atoms with Crippen LogP contribution in [0.15, 0.2) is 59.6 Å². The van der Waals surface area contributed by atoms with E-state index in [0.717, 1.165) is 23.9 Å². The molecule has 4 heteroatoms. The van der Waals surface area contributed by atoms with Gasteiger partial charge in [-0.15, -0.1) is 11.8 Å². The van der Waals surface area contributed by atoms with Gasteiger partial charge in [0.1, 0.15) is 5.82 Å². The van der Waals surface area contributed by atoms with Crippen LogP contribution in [0.25, 0.3) is 10.9 Å². The van der Waals surface area contributed by atoms with E-state index < -0.39 is 0 Å². The van der Waals surface area contributed by atoms with Gasteiger partial charge in [0.2, 0.25) is 0 Å². The van der Waals surface area contributed by atoms with Gasteiger partial charge in [0.15, 0.2) is 5.78 Å². The molecule has 2 nitrogen and oxygen atoms in total. The van der Waals surface area contributed by atoms with Crippen LogP contribution in [-0.4, -0.2) is 15.6 Å². The first-order chi connectivity index (χ1) is 13.8. The molecule has 0 spiro atoms. The summed E-state index contributed by atoms with van der Waals surface area (Å²) in [6, 6.07) is 15.0. The van der Waals surface area contributed by atoms with Crippen LogP contribution < -0.4 is 0 Å². The molecule has 2 aliphatic rings. The molecule has 0 saturated heterocycles. The second kappa shape index (κ2) is 6.46. The van der Waals surface area contributed by atoms with Crippen molar-refractivity contribution in [3.8, 4) is 0 Å². The molecular formula is C25H26FNOS. The van der Waals surface area contributed by atoms with Crippen LogP contribution in [0.3, 0.4) is 0 Å². The zero-order valence-corrected chi connectivity index (χ0v) is 17.9. The lowest BCUT2D eigenvalue weighted by atomic mass is 9.70. The first kappa shape index (κ1) is 18.9. The molecule has 0 N–H and O–H groups in total. The van der Waals surface area contributed by atoms with Crippen LogP contribution in [0, 0.1) is 22.6 Å². The maximum absolute atomic E-state index is 13.3. The lowest BCUT2D eigenvalue weighted by Crippen LogP contribution is -2.34. The standard InChI is InChI=1S/C25H26FNOS/c1-24(2)19-12-13-25(24,3)23(28)22(19)29-21-15-27(20-7-5-4-6-18(20)21)14-16-8-10-17(26)11-9-16/h4-11,15,19,22H,12-14H2,1-3H3. The number of ketones is 1. The van der Waals surface area contributed by atoms with Crippen LogP contribution in [0.1, 0.15) is 39.2 Å². The van der Waals surface area contributed by atoms with Crippen LogP contribution in [0.5, 0.6) is 0 Å². The van der Waals surface area contributed by atoms with Gasteiger partial charge in [0, 0.05) is 34.0 Å². The van der Waals surface area contributed by atoms with Gasteiger partial charge in [-0.2, -0.15) is 0 Å². The molecule has 150 valence electrons. The number of nitrogens with zero attached hydrogens (tertiary/aromatic N) is 1.